The number of H-pyrrole nitrogens is 1. The third kappa shape index (κ3) is 3.46. The summed E-state index contributed by atoms with van der Waals surface area (Å²) in [4.78, 5) is 18.9. The maximum absolute atomic E-state index is 11.6. The van der Waals surface area contributed by atoms with Crippen molar-refractivity contribution in [2.24, 2.45) is 0 Å². The van der Waals surface area contributed by atoms with Crippen LogP contribution >= 0.6 is 0 Å². The average Bonchev–Trinajstić information content (AvgIpc) is 3.03. The zero-order chi connectivity index (χ0) is 18.7. The van der Waals surface area contributed by atoms with Crippen LogP contribution in [0.15, 0.2) is 30.3 Å². The smallest absolute Gasteiger partial charge is 0.315 e. The molecule has 0 aliphatic rings. The predicted octanol–water partition coefficient (Wildman–Crippen LogP) is 4.63. The Morgan fingerprint density at radius 1 is 1.19 bits per heavy atom. The fourth-order valence-corrected chi connectivity index (χ4v) is 2.73. The van der Waals surface area contributed by atoms with Crippen molar-refractivity contribution in [2.75, 3.05) is 13.2 Å². The molecule has 0 fully saturated rings. The van der Waals surface area contributed by atoms with E-state index in [1.165, 1.54) is 6.07 Å². The van der Waals surface area contributed by atoms with Gasteiger partial charge in [0.2, 0.25) is 5.75 Å². The SMILES string of the molecule is CCCOc1c(OCC)cc(-c2nc3ccc(C)cc3[nH]2)cc1[N+](=O)[O-]. The zero-order valence-electron chi connectivity index (χ0n) is 15.0. The van der Waals surface area contributed by atoms with E-state index in [2.05, 4.69) is 9.97 Å². The number of aryl methyl sites for hydroxylation is 1. The molecule has 1 aromatic heterocycles. The summed E-state index contributed by atoms with van der Waals surface area (Å²) in [5.74, 6) is 1.06. The predicted molar refractivity (Wildman–Crippen MR) is 99.9 cm³/mol. The Morgan fingerprint density at radius 3 is 2.69 bits per heavy atom. The molecule has 2 aromatic carbocycles. The Hall–Kier alpha value is -3.09. The molecule has 0 atom stereocenters. The molecule has 3 rings (SSSR count). The number of aromatic amines is 1. The summed E-state index contributed by atoms with van der Waals surface area (Å²) in [6.07, 6.45) is 0.743. The molecule has 0 bridgehead atoms. The monoisotopic (exact) mass is 355 g/mol. The number of rotatable bonds is 7. The highest BCUT2D eigenvalue weighted by Crippen LogP contribution is 2.41. The third-order valence-electron chi connectivity index (χ3n) is 3.89. The molecule has 0 amide bonds. The average molecular weight is 355 g/mol. The van der Waals surface area contributed by atoms with Crippen molar-refractivity contribution in [1.82, 2.24) is 9.97 Å². The number of hydrogen-bond acceptors (Lipinski definition) is 5. The summed E-state index contributed by atoms with van der Waals surface area (Å²) in [6.45, 7) is 6.52. The van der Waals surface area contributed by atoms with Crippen LogP contribution in [-0.2, 0) is 0 Å². The van der Waals surface area contributed by atoms with E-state index in [4.69, 9.17) is 9.47 Å². The first-order valence-corrected chi connectivity index (χ1v) is 8.58. The van der Waals surface area contributed by atoms with Crippen LogP contribution < -0.4 is 9.47 Å². The first-order valence-electron chi connectivity index (χ1n) is 8.58. The Bertz CT molecular complexity index is 949. The number of nitrogens with zero attached hydrogens (tertiary/aromatic N) is 2. The van der Waals surface area contributed by atoms with E-state index in [1.807, 2.05) is 39.0 Å². The van der Waals surface area contributed by atoms with Gasteiger partial charge in [0, 0.05) is 11.6 Å². The van der Waals surface area contributed by atoms with Crippen LogP contribution in [0.25, 0.3) is 22.4 Å². The van der Waals surface area contributed by atoms with Crippen molar-refractivity contribution >= 4 is 16.7 Å². The summed E-state index contributed by atoms with van der Waals surface area (Å²) in [6, 6.07) is 9.08. The van der Waals surface area contributed by atoms with Gasteiger partial charge in [0.25, 0.3) is 0 Å². The number of imidazole rings is 1. The zero-order valence-corrected chi connectivity index (χ0v) is 15.0. The lowest BCUT2D eigenvalue weighted by atomic mass is 10.1. The molecule has 26 heavy (non-hydrogen) atoms. The number of ether oxygens (including phenoxy) is 2. The molecular formula is C19H21N3O4. The number of nitro benzene ring substituents is 1. The summed E-state index contributed by atoms with van der Waals surface area (Å²) in [7, 11) is 0. The van der Waals surface area contributed by atoms with Gasteiger partial charge in [0.15, 0.2) is 5.75 Å². The first-order chi connectivity index (χ1) is 12.5. The van der Waals surface area contributed by atoms with Gasteiger partial charge >= 0.3 is 5.69 Å². The van der Waals surface area contributed by atoms with E-state index in [1.54, 1.807) is 6.07 Å². The van der Waals surface area contributed by atoms with Crippen LogP contribution in [0.5, 0.6) is 11.5 Å². The van der Waals surface area contributed by atoms with E-state index >= 15 is 0 Å². The fourth-order valence-electron chi connectivity index (χ4n) is 2.73. The highest BCUT2D eigenvalue weighted by Gasteiger charge is 2.24. The second-order valence-electron chi connectivity index (χ2n) is 5.97. The number of hydrogen-bond donors (Lipinski definition) is 1. The third-order valence-corrected chi connectivity index (χ3v) is 3.89. The van der Waals surface area contributed by atoms with Gasteiger partial charge in [-0.1, -0.05) is 13.0 Å². The minimum Gasteiger partial charge on any atom is -0.490 e. The normalized spacial score (nSPS) is 10.9. The Kier molecular flexibility index (Phi) is 5.06. The van der Waals surface area contributed by atoms with Crippen LogP contribution in [0.4, 0.5) is 5.69 Å². The highest BCUT2D eigenvalue weighted by molar-refractivity contribution is 5.81. The van der Waals surface area contributed by atoms with Crippen LogP contribution in [0.2, 0.25) is 0 Å². The van der Waals surface area contributed by atoms with Crippen molar-refractivity contribution in [2.45, 2.75) is 27.2 Å². The highest BCUT2D eigenvalue weighted by atomic mass is 16.6. The number of fused-ring (bicyclic) bond motifs is 1. The van der Waals surface area contributed by atoms with E-state index in [0.717, 1.165) is 23.0 Å². The maximum Gasteiger partial charge on any atom is 0.315 e. The number of nitro groups is 1. The molecule has 7 heteroatoms. The fraction of sp³-hybridized carbons (Fsp3) is 0.316. The van der Waals surface area contributed by atoms with E-state index in [0.29, 0.717) is 30.4 Å². The van der Waals surface area contributed by atoms with Crippen LogP contribution in [0, 0.1) is 17.0 Å². The summed E-state index contributed by atoms with van der Waals surface area (Å²) >= 11 is 0. The molecule has 0 spiro atoms. The van der Waals surface area contributed by atoms with Crippen molar-refractivity contribution < 1.29 is 14.4 Å². The lowest BCUT2D eigenvalue weighted by molar-refractivity contribution is -0.385. The van der Waals surface area contributed by atoms with Gasteiger partial charge in [-0.05, 0) is 44.0 Å². The van der Waals surface area contributed by atoms with Crippen LogP contribution in [-0.4, -0.2) is 28.1 Å². The van der Waals surface area contributed by atoms with E-state index < -0.39 is 4.92 Å². The lowest BCUT2D eigenvalue weighted by Gasteiger charge is -2.13. The van der Waals surface area contributed by atoms with Crippen LogP contribution in [0.3, 0.4) is 0 Å². The summed E-state index contributed by atoms with van der Waals surface area (Å²) in [5.41, 5.74) is 3.25. The van der Waals surface area contributed by atoms with Gasteiger partial charge in [-0.15, -0.1) is 0 Å². The summed E-state index contributed by atoms with van der Waals surface area (Å²) in [5, 5.41) is 11.6. The molecule has 0 aliphatic carbocycles. The quantitative estimate of drug-likeness (QED) is 0.493. The number of benzene rings is 2. The standard InChI is InChI=1S/C19H21N3O4/c1-4-8-26-18-16(22(23)24)10-13(11-17(18)25-5-2)19-20-14-7-6-12(3)9-15(14)21-19/h6-7,9-11H,4-5,8H2,1-3H3,(H,20,21). The molecule has 7 nitrogen and oxygen atoms in total. The molecule has 136 valence electrons. The van der Waals surface area contributed by atoms with Gasteiger partial charge in [-0.3, -0.25) is 10.1 Å². The number of aromatic nitrogens is 2. The van der Waals surface area contributed by atoms with Gasteiger partial charge in [0.05, 0.1) is 29.2 Å². The van der Waals surface area contributed by atoms with Crippen molar-refractivity contribution in [3.8, 4) is 22.9 Å². The number of nitrogens with one attached hydrogen (secondary N) is 1. The Balaban J connectivity index is 2.14. The molecule has 1 N–H and O–H groups in total. The molecule has 1 heterocycles. The van der Waals surface area contributed by atoms with Crippen molar-refractivity contribution in [3.05, 3.63) is 46.0 Å². The summed E-state index contributed by atoms with van der Waals surface area (Å²) < 4.78 is 11.2. The second-order valence-corrected chi connectivity index (χ2v) is 5.97. The molecule has 0 aliphatic heterocycles. The van der Waals surface area contributed by atoms with Crippen molar-refractivity contribution in [1.29, 1.82) is 0 Å². The molecule has 0 radical (unpaired) electrons. The van der Waals surface area contributed by atoms with Gasteiger partial charge in [-0.25, -0.2) is 4.98 Å². The van der Waals surface area contributed by atoms with Gasteiger partial charge in [-0.2, -0.15) is 0 Å². The first kappa shape index (κ1) is 17.7. The van der Waals surface area contributed by atoms with Gasteiger partial charge in [0.1, 0.15) is 5.82 Å². The molecule has 3 aromatic rings. The molecule has 0 saturated heterocycles. The molecule has 0 saturated carbocycles. The molecular weight excluding hydrogens is 334 g/mol. The maximum atomic E-state index is 11.6. The van der Waals surface area contributed by atoms with Gasteiger partial charge < -0.3 is 14.5 Å². The molecule has 0 unspecified atom stereocenters. The second kappa shape index (κ2) is 7.43. The van der Waals surface area contributed by atoms with Crippen molar-refractivity contribution in [3.63, 3.8) is 0 Å². The Labute approximate surface area is 151 Å². The van der Waals surface area contributed by atoms with E-state index in [-0.39, 0.29) is 11.4 Å². The Morgan fingerprint density at radius 2 is 2.00 bits per heavy atom. The topological polar surface area (TPSA) is 90.3 Å². The van der Waals surface area contributed by atoms with E-state index in [9.17, 15) is 10.1 Å². The minimum atomic E-state index is -0.455. The van der Waals surface area contributed by atoms with Crippen LogP contribution in [0.1, 0.15) is 25.8 Å². The lowest BCUT2D eigenvalue weighted by Crippen LogP contribution is -2.04. The minimum absolute atomic E-state index is 0.129. The largest absolute Gasteiger partial charge is 0.490 e.